The second-order valence-corrected chi connectivity index (χ2v) is 13.4. The normalized spacial score (nSPS) is 26.2. The highest BCUT2D eigenvalue weighted by Gasteiger charge is 2.74. The van der Waals surface area contributed by atoms with E-state index in [0.717, 1.165) is 30.4 Å². The topological polar surface area (TPSA) is 81.2 Å². The van der Waals surface area contributed by atoms with Gasteiger partial charge in [0.05, 0.1) is 29.2 Å². The maximum atomic E-state index is 14.7. The molecule has 0 saturated carbocycles. The van der Waals surface area contributed by atoms with E-state index in [4.69, 9.17) is 0 Å². The van der Waals surface area contributed by atoms with E-state index >= 15 is 0 Å². The van der Waals surface area contributed by atoms with Gasteiger partial charge in [0.2, 0.25) is 17.7 Å². The van der Waals surface area contributed by atoms with Crippen LogP contribution in [0, 0.1) is 11.8 Å². The molecule has 2 aromatic carbocycles. The van der Waals surface area contributed by atoms with E-state index in [-0.39, 0.29) is 29.6 Å². The summed E-state index contributed by atoms with van der Waals surface area (Å²) in [5.41, 5.74) is 1.78. The minimum Gasteiger partial charge on any atom is -0.394 e. The molecule has 7 nitrogen and oxygen atoms in total. The number of unbranched alkanes of at least 4 members (excludes halogenated alkanes) is 1. The third-order valence-corrected chi connectivity index (χ3v) is 11.2. The van der Waals surface area contributed by atoms with Crippen LogP contribution in [0.4, 0.5) is 0 Å². The van der Waals surface area contributed by atoms with Gasteiger partial charge in [0.25, 0.3) is 0 Å². The molecule has 0 aliphatic carbocycles. The summed E-state index contributed by atoms with van der Waals surface area (Å²) < 4.78 is -0.737. The van der Waals surface area contributed by atoms with Gasteiger partial charge in [-0.1, -0.05) is 86.2 Å². The van der Waals surface area contributed by atoms with Crippen molar-refractivity contribution in [2.24, 2.45) is 11.8 Å². The minimum atomic E-state index is -0.783. The van der Waals surface area contributed by atoms with Gasteiger partial charge in [0.15, 0.2) is 0 Å². The zero-order valence-corrected chi connectivity index (χ0v) is 25.8. The lowest BCUT2D eigenvalue weighted by atomic mass is 9.70. The number of carbonyl (C=O) groups excluding carboxylic acids is 3. The zero-order valence-electron chi connectivity index (χ0n) is 25.0. The van der Waals surface area contributed by atoms with Gasteiger partial charge in [-0.25, -0.2) is 0 Å². The lowest BCUT2D eigenvalue weighted by Gasteiger charge is -2.40. The molecule has 228 valence electrons. The molecule has 6 atom stereocenters. The standard InChI is InChI=1S/C35H43N3O4S/c1-4-7-22-36(20-5-2)34(42)31-35-19-18-28(43-35)29(32(40)37(21-6-3)23-25-14-10-8-11-15-25)30(35)33(41)38(31)27(24-39)26-16-12-9-13-17-26/h5-6,8-17,27-31,39H,2-4,7,18-24H2,1H3/t27-,28-,29+,30+,31?,35?/m1/s1. The van der Waals surface area contributed by atoms with Gasteiger partial charge in [-0.15, -0.1) is 24.9 Å². The van der Waals surface area contributed by atoms with Crippen LogP contribution >= 0.6 is 11.8 Å². The summed E-state index contributed by atoms with van der Waals surface area (Å²) in [6, 6.07) is 17.8. The number of aliphatic hydroxyl groups excluding tert-OH is 1. The summed E-state index contributed by atoms with van der Waals surface area (Å²) in [4.78, 5) is 49.0. The van der Waals surface area contributed by atoms with Gasteiger partial charge in [-0.05, 0) is 30.4 Å². The second-order valence-electron chi connectivity index (χ2n) is 11.8. The number of amides is 3. The number of hydrogen-bond donors (Lipinski definition) is 1. The van der Waals surface area contributed by atoms with E-state index in [1.165, 1.54) is 0 Å². The molecule has 5 rings (SSSR count). The molecule has 0 aromatic heterocycles. The van der Waals surface area contributed by atoms with Crippen molar-refractivity contribution >= 4 is 29.5 Å². The SMILES string of the molecule is C=CCN(CCCC)C(=O)C1N([C@H](CO)c2ccccc2)C(=O)[C@@H]2[C@@H](C(=O)N(CC=C)Cc3ccccc3)[C@H]3CCC12S3. The molecule has 3 aliphatic rings. The molecule has 2 unspecified atom stereocenters. The molecule has 3 amide bonds. The first-order valence-corrected chi connectivity index (χ1v) is 16.3. The van der Waals surface area contributed by atoms with Gasteiger partial charge < -0.3 is 19.8 Å². The summed E-state index contributed by atoms with van der Waals surface area (Å²) in [6.07, 6.45) is 6.67. The van der Waals surface area contributed by atoms with Crippen molar-refractivity contribution in [3.63, 3.8) is 0 Å². The maximum Gasteiger partial charge on any atom is 0.247 e. The van der Waals surface area contributed by atoms with Gasteiger partial charge in [0.1, 0.15) is 6.04 Å². The Balaban J connectivity index is 1.57. The Morgan fingerprint density at radius 2 is 1.70 bits per heavy atom. The molecule has 1 N–H and O–H groups in total. The van der Waals surface area contributed by atoms with E-state index in [0.29, 0.717) is 32.6 Å². The van der Waals surface area contributed by atoms with Crippen molar-refractivity contribution in [1.29, 1.82) is 0 Å². The monoisotopic (exact) mass is 601 g/mol. The number of hydrogen-bond acceptors (Lipinski definition) is 5. The number of fused-ring (bicyclic) bond motifs is 1. The Morgan fingerprint density at radius 3 is 2.33 bits per heavy atom. The van der Waals surface area contributed by atoms with Crippen LogP contribution in [0.25, 0.3) is 0 Å². The number of nitrogens with zero attached hydrogens (tertiary/aromatic N) is 3. The third kappa shape index (κ3) is 5.67. The predicted octanol–water partition coefficient (Wildman–Crippen LogP) is 4.84. The van der Waals surface area contributed by atoms with E-state index < -0.39 is 28.7 Å². The highest BCUT2D eigenvalue weighted by molar-refractivity contribution is 8.02. The van der Waals surface area contributed by atoms with Gasteiger partial charge in [-0.2, -0.15) is 0 Å². The largest absolute Gasteiger partial charge is 0.394 e. The average Bonchev–Trinajstić information content (AvgIpc) is 3.67. The smallest absolute Gasteiger partial charge is 0.247 e. The molecule has 2 aromatic rings. The van der Waals surface area contributed by atoms with Crippen LogP contribution in [0.1, 0.15) is 49.8 Å². The van der Waals surface area contributed by atoms with Gasteiger partial charge in [0, 0.05) is 31.4 Å². The summed E-state index contributed by atoms with van der Waals surface area (Å²) in [5, 5.41) is 10.7. The van der Waals surface area contributed by atoms with Crippen molar-refractivity contribution in [3.8, 4) is 0 Å². The van der Waals surface area contributed by atoms with Crippen LogP contribution in [0.15, 0.2) is 86.0 Å². The van der Waals surface area contributed by atoms with Crippen LogP contribution in [0.5, 0.6) is 0 Å². The Bertz CT molecular complexity index is 1320. The lowest BCUT2D eigenvalue weighted by molar-refractivity contribution is -0.147. The van der Waals surface area contributed by atoms with Crippen molar-refractivity contribution in [2.45, 2.75) is 61.2 Å². The first kappa shape index (κ1) is 31.1. The maximum absolute atomic E-state index is 14.7. The van der Waals surface area contributed by atoms with E-state index in [2.05, 4.69) is 20.1 Å². The number of thioether (sulfide) groups is 1. The first-order chi connectivity index (χ1) is 20.9. The Labute approximate surface area is 259 Å². The van der Waals surface area contributed by atoms with Crippen molar-refractivity contribution in [1.82, 2.24) is 14.7 Å². The molecule has 3 aliphatic heterocycles. The number of aliphatic hydroxyl groups is 1. The Hall–Kier alpha value is -3.36. The van der Waals surface area contributed by atoms with Crippen LogP contribution in [0.2, 0.25) is 0 Å². The second kappa shape index (κ2) is 13.5. The van der Waals surface area contributed by atoms with Crippen LogP contribution in [0.3, 0.4) is 0 Å². The predicted molar refractivity (Wildman–Crippen MR) is 171 cm³/mol. The Kier molecular flexibility index (Phi) is 9.77. The number of carbonyl (C=O) groups is 3. The van der Waals surface area contributed by atoms with Crippen LogP contribution in [-0.4, -0.2) is 79.8 Å². The molecule has 2 bridgehead atoms. The first-order valence-electron chi connectivity index (χ1n) is 15.4. The fraction of sp³-hybridized carbons (Fsp3) is 0.457. The fourth-order valence-electron chi connectivity index (χ4n) is 7.39. The van der Waals surface area contributed by atoms with E-state index in [1.807, 2.05) is 60.7 Å². The number of likely N-dealkylation sites (tertiary alicyclic amines) is 1. The third-order valence-electron chi connectivity index (χ3n) is 9.27. The van der Waals surface area contributed by atoms with Gasteiger partial charge >= 0.3 is 0 Å². The van der Waals surface area contributed by atoms with Crippen LogP contribution < -0.4 is 0 Å². The van der Waals surface area contributed by atoms with Crippen LogP contribution in [-0.2, 0) is 20.9 Å². The zero-order chi connectivity index (χ0) is 30.6. The molecular weight excluding hydrogens is 558 g/mol. The molecule has 3 heterocycles. The highest BCUT2D eigenvalue weighted by Crippen LogP contribution is 2.67. The summed E-state index contributed by atoms with van der Waals surface area (Å²) in [6.45, 7) is 11.3. The molecule has 3 fully saturated rings. The van der Waals surface area contributed by atoms with Gasteiger partial charge in [-0.3, -0.25) is 14.4 Å². The summed E-state index contributed by atoms with van der Waals surface area (Å²) in [5.74, 6) is -1.58. The molecule has 43 heavy (non-hydrogen) atoms. The lowest BCUT2D eigenvalue weighted by Crippen LogP contribution is -2.56. The number of rotatable bonds is 14. The van der Waals surface area contributed by atoms with E-state index in [1.54, 1.807) is 38.6 Å². The quantitative estimate of drug-likeness (QED) is 0.314. The summed E-state index contributed by atoms with van der Waals surface area (Å²) in [7, 11) is 0. The molecule has 3 saturated heterocycles. The van der Waals surface area contributed by atoms with E-state index in [9.17, 15) is 19.5 Å². The molecule has 8 heteroatoms. The average molecular weight is 602 g/mol. The highest BCUT2D eigenvalue weighted by atomic mass is 32.2. The fourth-order valence-corrected chi connectivity index (χ4v) is 9.58. The molecule has 1 spiro atoms. The number of benzene rings is 2. The summed E-state index contributed by atoms with van der Waals surface area (Å²) >= 11 is 1.66. The van der Waals surface area contributed by atoms with Crippen molar-refractivity contribution < 1.29 is 19.5 Å². The van der Waals surface area contributed by atoms with Crippen molar-refractivity contribution in [3.05, 3.63) is 97.1 Å². The van der Waals surface area contributed by atoms with Crippen molar-refractivity contribution in [2.75, 3.05) is 26.2 Å². The molecular formula is C35H43N3O4S. The molecule has 0 radical (unpaired) electrons. The minimum absolute atomic E-state index is 0.0465. The Morgan fingerprint density at radius 1 is 1.05 bits per heavy atom.